The summed E-state index contributed by atoms with van der Waals surface area (Å²) in [6.07, 6.45) is 1.11. The van der Waals surface area contributed by atoms with Crippen LogP contribution in [-0.2, 0) is 6.54 Å². The smallest absolute Gasteiger partial charge is 0.335 e. The van der Waals surface area contributed by atoms with E-state index in [0.29, 0.717) is 12.2 Å². The Morgan fingerprint density at radius 1 is 0.758 bits per heavy atom. The van der Waals surface area contributed by atoms with Gasteiger partial charge in [-0.15, -0.1) is 0 Å². The number of carbonyl (C=O) groups is 1. The van der Waals surface area contributed by atoms with Gasteiger partial charge in [-0.3, -0.25) is 9.80 Å². The van der Waals surface area contributed by atoms with Gasteiger partial charge in [0, 0.05) is 26.2 Å². The van der Waals surface area contributed by atoms with Gasteiger partial charge >= 0.3 is 5.97 Å². The lowest BCUT2D eigenvalue weighted by Crippen LogP contribution is -2.33. The van der Waals surface area contributed by atoms with Crippen LogP contribution in [0.5, 0.6) is 17.2 Å². The lowest BCUT2D eigenvalue weighted by atomic mass is 10.1. The lowest BCUT2D eigenvalue weighted by molar-refractivity contribution is 0.0697. The molecule has 6 heteroatoms. The van der Waals surface area contributed by atoms with Crippen molar-refractivity contribution < 1.29 is 19.4 Å². The number of hydrogen-bond donors (Lipinski definition) is 1. The molecule has 1 aliphatic rings. The molecule has 33 heavy (non-hydrogen) atoms. The van der Waals surface area contributed by atoms with E-state index in [4.69, 9.17) is 14.6 Å². The number of para-hydroxylation sites is 1. The summed E-state index contributed by atoms with van der Waals surface area (Å²) in [5.41, 5.74) is 1.48. The highest BCUT2D eigenvalue weighted by Crippen LogP contribution is 2.23. The van der Waals surface area contributed by atoms with Crippen LogP contribution in [0.4, 0.5) is 0 Å². The Hall–Kier alpha value is -3.35. The van der Waals surface area contributed by atoms with Crippen molar-refractivity contribution in [2.75, 3.05) is 39.3 Å². The Bertz CT molecular complexity index is 1010. The second kappa shape index (κ2) is 11.5. The molecule has 1 fully saturated rings. The van der Waals surface area contributed by atoms with Crippen molar-refractivity contribution in [2.45, 2.75) is 13.0 Å². The number of carboxylic acid groups (broad SMARTS) is 1. The average molecular weight is 447 g/mol. The van der Waals surface area contributed by atoms with Crippen LogP contribution in [-0.4, -0.2) is 60.2 Å². The molecule has 0 amide bonds. The predicted molar refractivity (Wildman–Crippen MR) is 128 cm³/mol. The third kappa shape index (κ3) is 7.07. The number of hydrogen-bond acceptors (Lipinski definition) is 5. The molecule has 0 aliphatic carbocycles. The summed E-state index contributed by atoms with van der Waals surface area (Å²) in [5, 5.41) is 9.04. The van der Waals surface area contributed by atoms with Crippen molar-refractivity contribution in [3.05, 3.63) is 90.0 Å². The van der Waals surface area contributed by atoms with Gasteiger partial charge in [0.1, 0.15) is 23.9 Å². The first-order chi connectivity index (χ1) is 16.2. The van der Waals surface area contributed by atoms with Crippen molar-refractivity contribution >= 4 is 5.97 Å². The van der Waals surface area contributed by atoms with Crippen LogP contribution in [0.2, 0.25) is 0 Å². The van der Waals surface area contributed by atoms with Crippen LogP contribution >= 0.6 is 0 Å². The fraction of sp³-hybridized carbons (Fsp3) is 0.296. The van der Waals surface area contributed by atoms with E-state index in [-0.39, 0.29) is 0 Å². The van der Waals surface area contributed by atoms with E-state index >= 15 is 0 Å². The first-order valence-electron chi connectivity index (χ1n) is 11.4. The molecule has 1 saturated heterocycles. The summed E-state index contributed by atoms with van der Waals surface area (Å²) in [6, 6.07) is 24.7. The van der Waals surface area contributed by atoms with E-state index in [1.165, 1.54) is 0 Å². The Morgan fingerprint density at radius 3 is 2.12 bits per heavy atom. The predicted octanol–water partition coefficient (Wildman–Crippen LogP) is 4.76. The lowest BCUT2D eigenvalue weighted by Gasteiger charge is -2.22. The van der Waals surface area contributed by atoms with Crippen LogP contribution in [0.25, 0.3) is 0 Å². The van der Waals surface area contributed by atoms with Gasteiger partial charge in [-0.1, -0.05) is 30.3 Å². The maximum atomic E-state index is 11.0. The summed E-state index contributed by atoms with van der Waals surface area (Å²) >= 11 is 0. The quantitative estimate of drug-likeness (QED) is 0.511. The average Bonchev–Trinajstić information content (AvgIpc) is 3.06. The van der Waals surface area contributed by atoms with Crippen LogP contribution < -0.4 is 9.47 Å². The van der Waals surface area contributed by atoms with Crippen LogP contribution in [0.15, 0.2) is 78.9 Å². The topological polar surface area (TPSA) is 62.2 Å². The van der Waals surface area contributed by atoms with Gasteiger partial charge in [-0.2, -0.15) is 0 Å². The van der Waals surface area contributed by atoms with Gasteiger partial charge in [0.15, 0.2) is 0 Å². The minimum Gasteiger partial charge on any atom is -0.492 e. The Morgan fingerprint density at radius 2 is 1.39 bits per heavy atom. The summed E-state index contributed by atoms with van der Waals surface area (Å²) < 4.78 is 11.8. The molecule has 4 rings (SSSR count). The third-order valence-corrected chi connectivity index (χ3v) is 5.77. The van der Waals surface area contributed by atoms with E-state index < -0.39 is 5.97 Å². The minimum absolute atomic E-state index is 0.333. The van der Waals surface area contributed by atoms with Gasteiger partial charge in [0.2, 0.25) is 0 Å². The normalized spacial score (nSPS) is 15.0. The van der Waals surface area contributed by atoms with Crippen molar-refractivity contribution in [2.24, 2.45) is 0 Å². The number of ether oxygens (including phenoxy) is 2. The molecule has 0 spiro atoms. The molecule has 3 aromatic rings. The SMILES string of the molecule is O=C(O)c1ccc(CN2CCCN(CCOc3ccc(Oc4ccccc4)cc3)CC2)cc1. The summed E-state index contributed by atoms with van der Waals surface area (Å²) in [5.74, 6) is 1.57. The van der Waals surface area contributed by atoms with Gasteiger partial charge in [-0.05, 0) is 73.6 Å². The molecule has 1 aliphatic heterocycles. The number of benzene rings is 3. The molecule has 0 unspecified atom stereocenters. The zero-order valence-corrected chi connectivity index (χ0v) is 18.7. The van der Waals surface area contributed by atoms with E-state index in [9.17, 15) is 4.79 Å². The molecule has 0 aromatic heterocycles. The molecule has 6 nitrogen and oxygen atoms in total. The largest absolute Gasteiger partial charge is 0.492 e. The van der Waals surface area contributed by atoms with Gasteiger partial charge in [0.05, 0.1) is 5.56 Å². The second-order valence-corrected chi connectivity index (χ2v) is 8.21. The number of rotatable bonds is 9. The summed E-state index contributed by atoms with van der Waals surface area (Å²) in [7, 11) is 0. The molecular weight excluding hydrogens is 416 g/mol. The van der Waals surface area contributed by atoms with Gasteiger partial charge in [-0.25, -0.2) is 4.79 Å². The first kappa shape index (κ1) is 22.8. The van der Waals surface area contributed by atoms with E-state index in [0.717, 1.165) is 68.5 Å². The maximum absolute atomic E-state index is 11.0. The highest BCUT2D eigenvalue weighted by Gasteiger charge is 2.15. The van der Waals surface area contributed by atoms with Gasteiger partial charge in [0.25, 0.3) is 0 Å². The molecule has 172 valence electrons. The van der Waals surface area contributed by atoms with Crippen LogP contribution in [0, 0.1) is 0 Å². The van der Waals surface area contributed by atoms with Crippen molar-refractivity contribution in [1.29, 1.82) is 0 Å². The zero-order chi connectivity index (χ0) is 22.9. The second-order valence-electron chi connectivity index (χ2n) is 8.21. The van der Waals surface area contributed by atoms with Crippen LogP contribution in [0.3, 0.4) is 0 Å². The zero-order valence-electron chi connectivity index (χ0n) is 18.7. The van der Waals surface area contributed by atoms with Crippen molar-refractivity contribution in [1.82, 2.24) is 9.80 Å². The maximum Gasteiger partial charge on any atom is 0.335 e. The van der Waals surface area contributed by atoms with E-state index in [1.807, 2.05) is 66.7 Å². The monoisotopic (exact) mass is 446 g/mol. The minimum atomic E-state index is -0.884. The highest BCUT2D eigenvalue weighted by molar-refractivity contribution is 5.87. The fourth-order valence-corrected chi connectivity index (χ4v) is 3.94. The molecule has 0 bridgehead atoms. The fourth-order valence-electron chi connectivity index (χ4n) is 3.94. The number of nitrogens with zero attached hydrogens (tertiary/aromatic N) is 2. The van der Waals surface area contributed by atoms with E-state index in [2.05, 4.69) is 9.80 Å². The van der Waals surface area contributed by atoms with Crippen LogP contribution in [0.1, 0.15) is 22.3 Å². The standard InChI is InChI=1S/C27H30N2O4/c30-27(31)23-9-7-22(8-10-23)21-29-16-4-15-28(17-18-29)19-20-32-24-11-13-26(14-12-24)33-25-5-2-1-3-6-25/h1-3,5-14H,4,15-21H2,(H,30,31). The number of carboxylic acids is 1. The molecule has 0 saturated carbocycles. The summed E-state index contributed by atoms with van der Waals surface area (Å²) in [4.78, 5) is 15.9. The van der Waals surface area contributed by atoms with Crippen molar-refractivity contribution in [3.63, 3.8) is 0 Å². The Kier molecular flexibility index (Phi) is 7.95. The molecule has 0 radical (unpaired) electrons. The van der Waals surface area contributed by atoms with Gasteiger partial charge < -0.3 is 14.6 Å². The summed E-state index contributed by atoms with van der Waals surface area (Å²) in [6.45, 7) is 6.48. The molecule has 1 heterocycles. The van der Waals surface area contributed by atoms with E-state index in [1.54, 1.807) is 12.1 Å². The Labute approximate surface area is 195 Å². The molecule has 0 atom stereocenters. The molecule has 1 N–H and O–H groups in total. The molecule has 3 aromatic carbocycles. The third-order valence-electron chi connectivity index (χ3n) is 5.77. The first-order valence-corrected chi connectivity index (χ1v) is 11.4. The molecular formula is C27H30N2O4. The highest BCUT2D eigenvalue weighted by atomic mass is 16.5. The number of aromatic carboxylic acids is 1. The van der Waals surface area contributed by atoms with Crippen molar-refractivity contribution in [3.8, 4) is 17.2 Å². The Balaban J connectivity index is 1.18.